The number of hydrogen-bond donors (Lipinski definition) is 1. The van der Waals surface area contributed by atoms with Crippen LogP contribution in [-0.4, -0.2) is 16.3 Å². The van der Waals surface area contributed by atoms with Gasteiger partial charge in [-0.1, -0.05) is 18.9 Å². The van der Waals surface area contributed by atoms with Crippen LogP contribution in [-0.2, 0) is 11.3 Å². The van der Waals surface area contributed by atoms with Crippen molar-refractivity contribution in [3.63, 3.8) is 0 Å². The lowest BCUT2D eigenvalue weighted by molar-refractivity contribution is -0.0414. The molecule has 1 spiro atoms. The summed E-state index contributed by atoms with van der Waals surface area (Å²) in [6.45, 7) is 0.953. The van der Waals surface area contributed by atoms with Crippen LogP contribution in [0.25, 0.3) is 10.9 Å². The Morgan fingerprint density at radius 2 is 2.05 bits per heavy atom. The second kappa shape index (κ2) is 4.52. The van der Waals surface area contributed by atoms with Crippen molar-refractivity contribution >= 4 is 16.6 Å². The predicted octanol–water partition coefficient (Wildman–Crippen LogP) is 3.72. The van der Waals surface area contributed by atoms with E-state index in [1.807, 2.05) is 6.07 Å². The van der Waals surface area contributed by atoms with Gasteiger partial charge in [-0.2, -0.15) is 0 Å². The van der Waals surface area contributed by atoms with Gasteiger partial charge in [0, 0.05) is 18.4 Å². The number of hydrogen-bond acceptors (Lipinski definition) is 2. The fourth-order valence-corrected chi connectivity index (χ4v) is 3.99. The number of aromatic nitrogens is 1. The lowest BCUT2D eigenvalue weighted by atomic mass is 9.98. The number of nitrogens with zero attached hydrogens (tertiary/aromatic N) is 1. The van der Waals surface area contributed by atoms with E-state index in [2.05, 4.69) is 29.0 Å². The van der Waals surface area contributed by atoms with Crippen LogP contribution in [0.15, 0.2) is 30.5 Å². The Labute approximate surface area is 119 Å². The van der Waals surface area contributed by atoms with E-state index in [1.165, 1.54) is 49.4 Å². The number of rotatable bonds is 2. The van der Waals surface area contributed by atoms with Gasteiger partial charge in [-0.25, -0.2) is 0 Å². The maximum absolute atomic E-state index is 6.41. The summed E-state index contributed by atoms with van der Waals surface area (Å²) in [4.78, 5) is 0. The Balaban J connectivity index is 1.55. The van der Waals surface area contributed by atoms with E-state index >= 15 is 0 Å². The first-order chi connectivity index (χ1) is 9.74. The first-order valence-electron chi connectivity index (χ1n) is 7.76. The van der Waals surface area contributed by atoms with Crippen molar-refractivity contribution in [1.29, 1.82) is 0 Å². The minimum Gasteiger partial charge on any atom is -0.399 e. The zero-order valence-corrected chi connectivity index (χ0v) is 11.8. The van der Waals surface area contributed by atoms with E-state index in [0.717, 1.165) is 12.2 Å². The molecule has 1 saturated heterocycles. The summed E-state index contributed by atoms with van der Waals surface area (Å²) in [5.74, 6) is 0. The van der Waals surface area contributed by atoms with E-state index in [-0.39, 0.29) is 5.60 Å². The number of nitrogens with two attached hydrogens (primary N) is 1. The van der Waals surface area contributed by atoms with Crippen LogP contribution in [0.3, 0.4) is 0 Å². The SMILES string of the molecule is Nc1ccc2ccn(CC3CCC4(CCCC4)O3)c2c1. The third-order valence-corrected chi connectivity index (χ3v) is 5.05. The summed E-state index contributed by atoms with van der Waals surface area (Å²) < 4.78 is 8.71. The molecular weight excluding hydrogens is 248 g/mol. The molecule has 2 aromatic rings. The molecule has 1 aromatic carbocycles. The molecule has 2 aliphatic rings. The van der Waals surface area contributed by atoms with Crippen molar-refractivity contribution < 1.29 is 4.74 Å². The lowest BCUT2D eigenvalue weighted by Crippen LogP contribution is -2.26. The highest BCUT2D eigenvalue weighted by molar-refractivity contribution is 5.83. The van der Waals surface area contributed by atoms with Crippen molar-refractivity contribution in [1.82, 2.24) is 4.57 Å². The normalized spacial score (nSPS) is 24.9. The Hall–Kier alpha value is -1.48. The van der Waals surface area contributed by atoms with Crippen molar-refractivity contribution in [2.45, 2.75) is 56.8 Å². The topological polar surface area (TPSA) is 40.2 Å². The Kier molecular flexibility index (Phi) is 2.77. The molecule has 2 N–H and O–H groups in total. The van der Waals surface area contributed by atoms with E-state index in [0.29, 0.717) is 6.10 Å². The lowest BCUT2D eigenvalue weighted by Gasteiger charge is -2.24. The van der Waals surface area contributed by atoms with Gasteiger partial charge in [-0.05, 0) is 49.3 Å². The molecule has 1 aliphatic carbocycles. The maximum Gasteiger partial charge on any atom is 0.0762 e. The minimum absolute atomic E-state index is 0.229. The van der Waals surface area contributed by atoms with E-state index < -0.39 is 0 Å². The third-order valence-electron chi connectivity index (χ3n) is 5.05. The van der Waals surface area contributed by atoms with Crippen LogP contribution in [0.4, 0.5) is 5.69 Å². The molecule has 4 rings (SSSR count). The number of anilines is 1. The molecule has 0 bridgehead atoms. The average Bonchev–Trinajstić information content (AvgIpc) is 3.14. The van der Waals surface area contributed by atoms with Crippen LogP contribution < -0.4 is 5.73 Å². The van der Waals surface area contributed by atoms with Crippen molar-refractivity contribution in [3.8, 4) is 0 Å². The summed E-state index contributed by atoms with van der Waals surface area (Å²) >= 11 is 0. The standard InChI is InChI=1S/C17H22N2O/c18-14-4-3-13-6-10-19(16(13)11-14)12-15-5-9-17(20-15)7-1-2-8-17/h3-4,6,10-11,15H,1-2,5,7-9,12,18H2. The van der Waals surface area contributed by atoms with Crippen LogP contribution >= 0.6 is 0 Å². The summed E-state index contributed by atoms with van der Waals surface area (Å²) in [5.41, 5.74) is 8.19. The van der Waals surface area contributed by atoms with Gasteiger partial charge in [-0.15, -0.1) is 0 Å². The molecule has 1 atom stereocenters. The zero-order chi connectivity index (χ0) is 13.6. The highest BCUT2D eigenvalue weighted by Crippen LogP contribution is 2.43. The van der Waals surface area contributed by atoms with E-state index in [1.54, 1.807) is 0 Å². The smallest absolute Gasteiger partial charge is 0.0762 e. The number of fused-ring (bicyclic) bond motifs is 1. The molecule has 3 nitrogen and oxygen atoms in total. The molecule has 0 radical (unpaired) electrons. The van der Waals surface area contributed by atoms with Crippen molar-refractivity contribution in [2.24, 2.45) is 0 Å². The van der Waals surface area contributed by atoms with Crippen LogP contribution in [0.5, 0.6) is 0 Å². The number of ether oxygens (including phenoxy) is 1. The van der Waals surface area contributed by atoms with Crippen LogP contribution in [0.2, 0.25) is 0 Å². The molecule has 2 heterocycles. The van der Waals surface area contributed by atoms with Gasteiger partial charge < -0.3 is 15.0 Å². The van der Waals surface area contributed by atoms with E-state index in [4.69, 9.17) is 10.5 Å². The molecule has 106 valence electrons. The highest BCUT2D eigenvalue weighted by atomic mass is 16.5. The molecule has 1 unspecified atom stereocenters. The van der Waals surface area contributed by atoms with Gasteiger partial charge in [0.15, 0.2) is 0 Å². The molecule has 2 fully saturated rings. The fraction of sp³-hybridized carbons (Fsp3) is 0.529. The Bertz CT molecular complexity index is 625. The van der Waals surface area contributed by atoms with Gasteiger partial charge in [0.2, 0.25) is 0 Å². The molecule has 20 heavy (non-hydrogen) atoms. The second-order valence-corrected chi connectivity index (χ2v) is 6.46. The zero-order valence-electron chi connectivity index (χ0n) is 11.8. The molecule has 0 amide bonds. The van der Waals surface area contributed by atoms with Crippen molar-refractivity contribution in [2.75, 3.05) is 5.73 Å². The molecule has 3 heteroatoms. The van der Waals surface area contributed by atoms with E-state index in [9.17, 15) is 0 Å². The molecular formula is C17H22N2O. The summed E-state index contributed by atoms with van der Waals surface area (Å²) in [6, 6.07) is 8.28. The summed E-state index contributed by atoms with van der Waals surface area (Å²) in [5, 5.41) is 1.26. The van der Waals surface area contributed by atoms with Gasteiger partial charge in [0.25, 0.3) is 0 Å². The average molecular weight is 270 g/mol. The number of benzene rings is 1. The van der Waals surface area contributed by atoms with Crippen LogP contribution in [0, 0.1) is 0 Å². The Morgan fingerprint density at radius 3 is 2.90 bits per heavy atom. The van der Waals surface area contributed by atoms with Gasteiger partial charge in [0.05, 0.1) is 17.2 Å². The fourth-order valence-electron chi connectivity index (χ4n) is 3.99. The minimum atomic E-state index is 0.229. The predicted molar refractivity (Wildman–Crippen MR) is 81.7 cm³/mol. The van der Waals surface area contributed by atoms with Gasteiger partial charge >= 0.3 is 0 Å². The monoisotopic (exact) mass is 270 g/mol. The summed E-state index contributed by atoms with van der Waals surface area (Å²) in [6.07, 6.45) is 10.2. The summed E-state index contributed by atoms with van der Waals surface area (Å²) in [7, 11) is 0. The van der Waals surface area contributed by atoms with Crippen LogP contribution in [0.1, 0.15) is 38.5 Å². The third kappa shape index (κ3) is 2.01. The number of nitrogen functional groups attached to an aromatic ring is 1. The maximum atomic E-state index is 6.41. The first-order valence-corrected chi connectivity index (χ1v) is 7.76. The van der Waals surface area contributed by atoms with Gasteiger partial charge in [-0.3, -0.25) is 0 Å². The largest absolute Gasteiger partial charge is 0.399 e. The van der Waals surface area contributed by atoms with Gasteiger partial charge in [0.1, 0.15) is 0 Å². The quantitative estimate of drug-likeness (QED) is 0.845. The second-order valence-electron chi connectivity index (χ2n) is 6.46. The first kappa shape index (κ1) is 12.3. The Morgan fingerprint density at radius 1 is 1.20 bits per heavy atom. The molecule has 1 saturated carbocycles. The van der Waals surface area contributed by atoms with Crippen molar-refractivity contribution in [3.05, 3.63) is 30.5 Å². The highest BCUT2D eigenvalue weighted by Gasteiger charge is 2.42. The molecule has 1 aromatic heterocycles. The molecule has 1 aliphatic heterocycles.